The molecular weight excluding hydrogens is 400 g/mol. The van der Waals surface area contributed by atoms with Crippen LogP contribution < -0.4 is 10.5 Å². The molecule has 1 aromatic heterocycles. The van der Waals surface area contributed by atoms with Gasteiger partial charge in [-0.1, -0.05) is 6.07 Å². The van der Waals surface area contributed by atoms with Crippen molar-refractivity contribution in [2.75, 3.05) is 16.7 Å². The lowest BCUT2D eigenvalue weighted by Gasteiger charge is -2.13. The number of carbonyl (C=O) groups excluding carboxylic acids is 1. The molecule has 3 N–H and O–H groups in total. The summed E-state index contributed by atoms with van der Waals surface area (Å²) in [6.45, 7) is 1.73. The fraction of sp³-hybridized carbons (Fsp3) is 0.100. The summed E-state index contributed by atoms with van der Waals surface area (Å²) in [6, 6.07) is 8.80. The molecule has 0 bridgehead atoms. The zero-order valence-corrected chi connectivity index (χ0v) is 16.3. The lowest BCUT2D eigenvalue weighted by atomic mass is 9.97. The summed E-state index contributed by atoms with van der Waals surface area (Å²) in [4.78, 5) is 16.9. The maximum atomic E-state index is 14.0. The molecule has 150 valence electrons. The molecule has 0 aliphatic rings. The molecule has 0 saturated heterocycles. The van der Waals surface area contributed by atoms with Gasteiger partial charge in [-0.25, -0.2) is 17.2 Å². The molecule has 1 heterocycles. The fourth-order valence-corrected chi connectivity index (χ4v) is 3.47. The first-order valence-corrected chi connectivity index (χ1v) is 10.3. The van der Waals surface area contributed by atoms with Crippen molar-refractivity contribution in [1.82, 2.24) is 4.98 Å². The van der Waals surface area contributed by atoms with Crippen molar-refractivity contribution in [3.05, 3.63) is 77.0 Å². The molecule has 3 rings (SSSR count). The van der Waals surface area contributed by atoms with Gasteiger partial charge in [-0.2, -0.15) is 0 Å². The average Bonchev–Trinajstić information content (AvgIpc) is 2.61. The summed E-state index contributed by atoms with van der Waals surface area (Å²) >= 11 is 0. The van der Waals surface area contributed by atoms with Gasteiger partial charge in [0.15, 0.2) is 5.78 Å². The molecule has 9 heteroatoms. The Kier molecular flexibility index (Phi) is 5.34. The average molecular weight is 417 g/mol. The predicted molar refractivity (Wildman–Crippen MR) is 107 cm³/mol. The minimum absolute atomic E-state index is 0.0262. The Labute approximate surface area is 166 Å². The molecule has 0 atom stereocenters. The van der Waals surface area contributed by atoms with E-state index in [-0.39, 0.29) is 16.8 Å². The number of nitrogens with zero attached hydrogens (tertiary/aromatic N) is 1. The van der Waals surface area contributed by atoms with Crippen molar-refractivity contribution in [3.63, 3.8) is 0 Å². The molecule has 3 aromatic rings. The number of aryl methyl sites for hydroxylation is 1. The van der Waals surface area contributed by atoms with Crippen molar-refractivity contribution in [2.24, 2.45) is 0 Å². The molecule has 0 amide bonds. The van der Waals surface area contributed by atoms with Crippen LogP contribution in [0.4, 0.5) is 20.2 Å². The van der Waals surface area contributed by atoms with E-state index in [1.807, 2.05) is 0 Å². The number of hydrogen-bond donors (Lipinski definition) is 2. The Morgan fingerprint density at radius 2 is 1.79 bits per heavy atom. The number of anilines is 2. The number of ketones is 1. The highest BCUT2D eigenvalue weighted by molar-refractivity contribution is 7.92. The monoisotopic (exact) mass is 417 g/mol. The third-order valence-electron chi connectivity index (χ3n) is 4.20. The Balaban J connectivity index is 2.04. The molecule has 0 unspecified atom stereocenters. The largest absolute Gasteiger partial charge is 0.396 e. The van der Waals surface area contributed by atoms with Crippen molar-refractivity contribution in [3.8, 4) is 11.3 Å². The van der Waals surface area contributed by atoms with Crippen LogP contribution in [0.2, 0.25) is 0 Å². The number of halogens is 2. The van der Waals surface area contributed by atoms with Crippen LogP contribution in [0.5, 0.6) is 0 Å². The smallest absolute Gasteiger partial charge is 0.229 e. The van der Waals surface area contributed by atoms with E-state index in [9.17, 15) is 22.0 Å². The standard InChI is InChI=1S/C20H17F2N3O3S/c1-11-9-13(25-29(2,27)28)4-6-14(11)19-18(23)16(7-8-24-19)20(26)15-5-3-12(21)10-17(15)22/h3-10,25H,23H2,1-2H3. The van der Waals surface area contributed by atoms with Crippen molar-refractivity contribution >= 4 is 27.2 Å². The van der Waals surface area contributed by atoms with E-state index in [1.165, 1.54) is 12.3 Å². The van der Waals surface area contributed by atoms with Crippen LogP contribution in [0.3, 0.4) is 0 Å². The second kappa shape index (κ2) is 7.59. The number of carbonyl (C=O) groups is 1. The third kappa shape index (κ3) is 4.40. The summed E-state index contributed by atoms with van der Waals surface area (Å²) in [5, 5.41) is 0. The molecular formula is C20H17F2N3O3S. The van der Waals surface area contributed by atoms with E-state index in [2.05, 4.69) is 9.71 Å². The number of hydrogen-bond acceptors (Lipinski definition) is 5. The summed E-state index contributed by atoms with van der Waals surface area (Å²) in [5.74, 6) is -2.47. The first-order valence-electron chi connectivity index (χ1n) is 8.40. The number of nitrogens with one attached hydrogen (secondary N) is 1. The number of benzene rings is 2. The minimum Gasteiger partial charge on any atom is -0.396 e. The van der Waals surface area contributed by atoms with Crippen LogP contribution in [0.25, 0.3) is 11.3 Å². The summed E-state index contributed by atoms with van der Waals surface area (Å²) in [5.41, 5.74) is 7.81. The molecule has 0 aliphatic carbocycles. The summed E-state index contributed by atoms with van der Waals surface area (Å²) < 4.78 is 52.3. The topological polar surface area (TPSA) is 102 Å². The number of pyridine rings is 1. The van der Waals surface area contributed by atoms with Gasteiger partial charge in [0.2, 0.25) is 10.0 Å². The Morgan fingerprint density at radius 3 is 2.41 bits per heavy atom. The highest BCUT2D eigenvalue weighted by Gasteiger charge is 2.20. The van der Waals surface area contributed by atoms with Crippen molar-refractivity contribution in [2.45, 2.75) is 6.92 Å². The van der Waals surface area contributed by atoms with Gasteiger partial charge < -0.3 is 5.73 Å². The first-order chi connectivity index (χ1) is 13.6. The van der Waals surface area contributed by atoms with Gasteiger partial charge in [0.05, 0.1) is 23.2 Å². The summed E-state index contributed by atoms with van der Waals surface area (Å²) in [7, 11) is -3.43. The van der Waals surface area contributed by atoms with E-state index < -0.39 is 27.4 Å². The number of nitrogens with two attached hydrogens (primary N) is 1. The zero-order chi connectivity index (χ0) is 21.3. The maximum Gasteiger partial charge on any atom is 0.229 e. The van der Waals surface area contributed by atoms with Gasteiger partial charge in [-0.3, -0.25) is 14.5 Å². The van der Waals surface area contributed by atoms with Gasteiger partial charge in [0, 0.05) is 29.1 Å². The number of sulfonamides is 1. The normalized spacial score (nSPS) is 11.3. The lowest BCUT2D eigenvalue weighted by Crippen LogP contribution is -2.11. The molecule has 2 aromatic carbocycles. The Hall–Kier alpha value is -3.33. The van der Waals surface area contributed by atoms with Crippen LogP contribution in [0, 0.1) is 18.6 Å². The van der Waals surface area contributed by atoms with Gasteiger partial charge >= 0.3 is 0 Å². The highest BCUT2D eigenvalue weighted by atomic mass is 32.2. The van der Waals surface area contributed by atoms with Gasteiger partial charge in [0.1, 0.15) is 11.6 Å². The molecule has 0 radical (unpaired) electrons. The molecule has 29 heavy (non-hydrogen) atoms. The van der Waals surface area contributed by atoms with Gasteiger partial charge in [-0.15, -0.1) is 0 Å². The zero-order valence-electron chi connectivity index (χ0n) is 15.5. The molecule has 0 fully saturated rings. The maximum absolute atomic E-state index is 14.0. The van der Waals surface area contributed by atoms with Crippen molar-refractivity contribution in [1.29, 1.82) is 0 Å². The van der Waals surface area contributed by atoms with E-state index in [1.54, 1.807) is 25.1 Å². The Bertz CT molecular complexity index is 1230. The van der Waals surface area contributed by atoms with Gasteiger partial charge in [-0.05, 0) is 42.8 Å². The van der Waals surface area contributed by atoms with E-state index in [4.69, 9.17) is 5.73 Å². The van der Waals surface area contributed by atoms with Gasteiger partial charge in [0.25, 0.3) is 0 Å². The van der Waals surface area contributed by atoms with Crippen molar-refractivity contribution < 1.29 is 22.0 Å². The van der Waals surface area contributed by atoms with Crippen LogP contribution in [0.1, 0.15) is 21.5 Å². The molecule has 6 nitrogen and oxygen atoms in total. The fourth-order valence-electron chi connectivity index (χ4n) is 2.91. The van der Waals surface area contributed by atoms with Crippen LogP contribution in [-0.2, 0) is 10.0 Å². The summed E-state index contributed by atoms with van der Waals surface area (Å²) in [6.07, 6.45) is 2.40. The van der Waals surface area contributed by atoms with Crippen LogP contribution >= 0.6 is 0 Å². The van der Waals surface area contributed by atoms with Crippen LogP contribution in [-0.4, -0.2) is 25.4 Å². The quantitative estimate of drug-likeness (QED) is 0.619. The first kappa shape index (κ1) is 20.4. The number of nitrogen functional groups attached to an aromatic ring is 1. The third-order valence-corrected chi connectivity index (χ3v) is 4.80. The second-order valence-corrected chi connectivity index (χ2v) is 8.23. The number of aromatic nitrogens is 1. The Morgan fingerprint density at radius 1 is 1.07 bits per heavy atom. The minimum atomic E-state index is -3.43. The highest BCUT2D eigenvalue weighted by Crippen LogP contribution is 2.32. The predicted octanol–water partition coefficient (Wildman–Crippen LogP) is 3.52. The lowest BCUT2D eigenvalue weighted by molar-refractivity contribution is 0.103. The van der Waals surface area contributed by atoms with E-state index in [0.29, 0.717) is 28.6 Å². The SMILES string of the molecule is Cc1cc(NS(C)(=O)=O)ccc1-c1nccc(C(=O)c2ccc(F)cc2F)c1N. The molecule has 0 aliphatic heterocycles. The molecule has 0 saturated carbocycles. The second-order valence-electron chi connectivity index (χ2n) is 6.48. The molecule has 0 spiro atoms. The van der Waals surface area contributed by atoms with E-state index in [0.717, 1.165) is 18.4 Å². The number of rotatable bonds is 5. The van der Waals surface area contributed by atoms with E-state index >= 15 is 0 Å². The van der Waals surface area contributed by atoms with Crippen LogP contribution in [0.15, 0.2) is 48.7 Å².